The molecule has 2 unspecified atom stereocenters. The van der Waals surface area contributed by atoms with Crippen LogP contribution in [-0.4, -0.2) is 29.2 Å². The standard InChI is InChI=1S/C13H13ClFN3/c14-12-5-10-8(6-18-12)1-4-17-13(10)9-2-3-16-7-11(9)15/h1,4-6,9,11,16H,2-3,7H2. The van der Waals surface area contributed by atoms with Crippen molar-refractivity contribution in [2.24, 2.45) is 0 Å². The first-order valence-electron chi connectivity index (χ1n) is 6.00. The number of fused-ring (bicyclic) bond motifs is 1. The lowest BCUT2D eigenvalue weighted by Crippen LogP contribution is -2.37. The van der Waals surface area contributed by atoms with Crippen LogP contribution in [0.2, 0.25) is 5.15 Å². The number of rotatable bonds is 1. The molecule has 2 aromatic heterocycles. The van der Waals surface area contributed by atoms with Crippen LogP contribution in [0.15, 0.2) is 24.5 Å². The lowest BCUT2D eigenvalue weighted by atomic mass is 9.90. The second kappa shape index (κ2) is 4.78. The van der Waals surface area contributed by atoms with Gasteiger partial charge in [0.1, 0.15) is 11.3 Å². The van der Waals surface area contributed by atoms with Crippen LogP contribution in [0, 0.1) is 0 Å². The maximum Gasteiger partial charge on any atom is 0.129 e. The fraction of sp³-hybridized carbons (Fsp3) is 0.385. The molecule has 18 heavy (non-hydrogen) atoms. The Balaban J connectivity index is 2.12. The van der Waals surface area contributed by atoms with E-state index in [1.54, 1.807) is 18.5 Å². The Kier molecular flexibility index (Phi) is 3.14. The molecular weight excluding hydrogens is 253 g/mol. The van der Waals surface area contributed by atoms with Gasteiger partial charge in [-0.1, -0.05) is 11.6 Å². The van der Waals surface area contributed by atoms with Gasteiger partial charge < -0.3 is 5.32 Å². The highest BCUT2D eigenvalue weighted by atomic mass is 35.5. The molecule has 1 saturated heterocycles. The van der Waals surface area contributed by atoms with Crippen molar-refractivity contribution < 1.29 is 4.39 Å². The molecule has 0 saturated carbocycles. The summed E-state index contributed by atoms with van der Waals surface area (Å²) in [4.78, 5) is 8.41. The van der Waals surface area contributed by atoms with Gasteiger partial charge >= 0.3 is 0 Å². The van der Waals surface area contributed by atoms with E-state index in [0.717, 1.165) is 29.4 Å². The number of aromatic nitrogens is 2. The number of nitrogens with one attached hydrogen (secondary N) is 1. The normalized spacial score (nSPS) is 24.3. The zero-order chi connectivity index (χ0) is 12.5. The molecule has 0 spiro atoms. The number of halogens is 2. The van der Waals surface area contributed by atoms with E-state index in [2.05, 4.69) is 15.3 Å². The summed E-state index contributed by atoms with van der Waals surface area (Å²) >= 11 is 5.92. The molecule has 5 heteroatoms. The van der Waals surface area contributed by atoms with Crippen LogP contribution in [0.5, 0.6) is 0 Å². The Morgan fingerprint density at radius 3 is 3.11 bits per heavy atom. The maximum absolute atomic E-state index is 14.0. The van der Waals surface area contributed by atoms with Gasteiger partial charge in [-0.15, -0.1) is 0 Å². The molecule has 2 atom stereocenters. The first-order chi connectivity index (χ1) is 8.75. The van der Waals surface area contributed by atoms with Crippen molar-refractivity contribution in [1.29, 1.82) is 0 Å². The zero-order valence-electron chi connectivity index (χ0n) is 9.74. The number of nitrogens with zero attached hydrogens (tertiary/aromatic N) is 2. The Bertz CT molecular complexity index is 575. The molecule has 1 aliphatic heterocycles. The largest absolute Gasteiger partial charge is 0.314 e. The minimum atomic E-state index is -0.899. The van der Waals surface area contributed by atoms with Gasteiger partial charge in [-0.25, -0.2) is 9.37 Å². The highest BCUT2D eigenvalue weighted by Gasteiger charge is 2.28. The van der Waals surface area contributed by atoms with Crippen molar-refractivity contribution >= 4 is 22.4 Å². The molecule has 0 bridgehead atoms. The molecule has 0 radical (unpaired) electrons. The summed E-state index contributed by atoms with van der Waals surface area (Å²) in [5.41, 5.74) is 0.797. The molecule has 94 valence electrons. The molecule has 0 amide bonds. The van der Waals surface area contributed by atoms with Crippen LogP contribution in [0.1, 0.15) is 18.0 Å². The molecule has 2 aromatic rings. The van der Waals surface area contributed by atoms with Gasteiger partial charge in [0.2, 0.25) is 0 Å². The smallest absolute Gasteiger partial charge is 0.129 e. The second-order valence-electron chi connectivity index (χ2n) is 4.54. The zero-order valence-corrected chi connectivity index (χ0v) is 10.5. The predicted octanol–water partition coefficient (Wildman–Crippen LogP) is 2.70. The number of hydrogen-bond acceptors (Lipinski definition) is 3. The molecule has 1 aliphatic rings. The van der Waals surface area contributed by atoms with Gasteiger partial charge in [-0.3, -0.25) is 4.98 Å². The van der Waals surface area contributed by atoms with Gasteiger partial charge in [0.25, 0.3) is 0 Å². The SMILES string of the molecule is FC1CNCCC1c1nccc2cnc(Cl)cc12. The summed E-state index contributed by atoms with van der Waals surface area (Å²) in [6.45, 7) is 1.21. The molecule has 3 heterocycles. The molecule has 3 nitrogen and oxygen atoms in total. The van der Waals surface area contributed by atoms with E-state index in [4.69, 9.17) is 11.6 Å². The molecule has 0 aromatic carbocycles. The Morgan fingerprint density at radius 2 is 2.28 bits per heavy atom. The number of piperidine rings is 1. The van der Waals surface area contributed by atoms with Crippen molar-refractivity contribution in [1.82, 2.24) is 15.3 Å². The van der Waals surface area contributed by atoms with Crippen molar-refractivity contribution in [2.75, 3.05) is 13.1 Å². The first-order valence-corrected chi connectivity index (χ1v) is 6.38. The van der Waals surface area contributed by atoms with E-state index >= 15 is 0 Å². The van der Waals surface area contributed by atoms with Crippen LogP contribution in [0.4, 0.5) is 4.39 Å². The fourth-order valence-electron chi connectivity index (χ4n) is 2.49. The average molecular weight is 266 g/mol. The third-order valence-electron chi connectivity index (χ3n) is 3.40. The fourth-order valence-corrected chi connectivity index (χ4v) is 2.64. The summed E-state index contributed by atoms with van der Waals surface area (Å²) in [6, 6.07) is 3.64. The van der Waals surface area contributed by atoms with Crippen molar-refractivity contribution in [3.05, 3.63) is 35.4 Å². The lowest BCUT2D eigenvalue weighted by Gasteiger charge is -2.27. The minimum Gasteiger partial charge on any atom is -0.314 e. The van der Waals surface area contributed by atoms with E-state index in [1.807, 2.05) is 6.07 Å². The minimum absolute atomic E-state index is 0.159. The third-order valence-corrected chi connectivity index (χ3v) is 3.61. The molecule has 1 N–H and O–H groups in total. The van der Waals surface area contributed by atoms with Crippen molar-refractivity contribution in [3.8, 4) is 0 Å². The number of pyridine rings is 2. The topological polar surface area (TPSA) is 37.8 Å². The van der Waals surface area contributed by atoms with E-state index < -0.39 is 6.17 Å². The predicted molar refractivity (Wildman–Crippen MR) is 69.7 cm³/mol. The summed E-state index contributed by atoms with van der Waals surface area (Å²) < 4.78 is 14.0. The van der Waals surface area contributed by atoms with E-state index in [1.165, 1.54) is 0 Å². The number of alkyl halides is 1. The summed E-state index contributed by atoms with van der Waals surface area (Å²) in [5, 5.41) is 5.33. The number of hydrogen-bond donors (Lipinski definition) is 1. The molecule has 3 rings (SSSR count). The van der Waals surface area contributed by atoms with E-state index in [0.29, 0.717) is 11.7 Å². The van der Waals surface area contributed by atoms with Crippen molar-refractivity contribution in [3.63, 3.8) is 0 Å². The van der Waals surface area contributed by atoms with Crippen LogP contribution >= 0.6 is 11.6 Å². The highest BCUT2D eigenvalue weighted by Crippen LogP contribution is 2.31. The summed E-state index contributed by atoms with van der Waals surface area (Å²) in [7, 11) is 0. The summed E-state index contributed by atoms with van der Waals surface area (Å²) in [5.74, 6) is -0.159. The average Bonchev–Trinajstić information content (AvgIpc) is 2.39. The van der Waals surface area contributed by atoms with Crippen molar-refractivity contribution in [2.45, 2.75) is 18.5 Å². The van der Waals surface area contributed by atoms with Crippen LogP contribution < -0.4 is 5.32 Å². The Labute approximate surface area is 109 Å². The Morgan fingerprint density at radius 1 is 1.39 bits per heavy atom. The first kappa shape index (κ1) is 11.8. The van der Waals surface area contributed by atoms with Gasteiger partial charge in [0.05, 0.1) is 5.69 Å². The van der Waals surface area contributed by atoms with Crippen LogP contribution in [0.25, 0.3) is 10.8 Å². The van der Waals surface area contributed by atoms with E-state index in [-0.39, 0.29) is 5.92 Å². The van der Waals surface area contributed by atoms with Gasteiger partial charge in [0.15, 0.2) is 0 Å². The molecule has 1 fully saturated rings. The van der Waals surface area contributed by atoms with Gasteiger partial charge in [-0.05, 0) is 25.1 Å². The van der Waals surface area contributed by atoms with Gasteiger partial charge in [0, 0.05) is 35.6 Å². The summed E-state index contributed by atoms with van der Waals surface area (Å²) in [6.07, 6.45) is 3.27. The second-order valence-corrected chi connectivity index (χ2v) is 4.93. The monoisotopic (exact) mass is 265 g/mol. The molecular formula is C13H13ClFN3. The van der Waals surface area contributed by atoms with E-state index in [9.17, 15) is 4.39 Å². The van der Waals surface area contributed by atoms with Crippen LogP contribution in [-0.2, 0) is 0 Å². The third kappa shape index (κ3) is 2.06. The van der Waals surface area contributed by atoms with Crippen LogP contribution in [0.3, 0.4) is 0 Å². The Hall–Kier alpha value is -1.26. The van der Waals surface area contributed by atoms with Gasteiger partial charge in [-0.2, -0.15) is 0 Å². The molecule has 0 aliphatic carbocycles. The highest BCUT2D eigenvalue weighted by molar-refractivity contribution is 6.30. The quantitative estimate of drug-likeness (QED) is 0.806. The lowest BCUT2D eigenvalue weighted by molar-refractivity contribution is 0.229. The maximum atomic E-state index is 14.0.